The number of benzene rings is 1. The molecule has 0 amide bonds. The van der Waals surface area contributed by atoms with Crippen molar-refractivity contribution < 1.29 is 4.39 Å². The molecule has 0 aromatic heterocycles. The Hall–Kier alpha value is -0.410. The highest BCUT2D eigenvalue weighted by Gasteiger charge is 2.34. The second kappa shape index (κ2) is 5.70. The molecule has 1 aliphatic carbocycles. The average molecular weight is 314 g/mol. The quantitative estimate of drug-likeness (QED) is 0.885. The molecule has 0 spiro atoms. The molecule has 2 atom stereocenters. The Morgan fingerprint density at radius 3 is 2.94 bits per heavy atom. The summed E-state index contributed by atoms with van der Waals surface area (Å²) in [6.45, 7) is 2.93. The van der Waals surface area contributed by atoms with E-state index in [9.17, 15) is 4.39 Å². The summed E-state index contributed by atoms with van der Waals surface area (Å²) in [5.41, 5.74) is 6.89. The van der Waals surface area contributed by atoms with Gasteiger partial charge in [0.25, 0.3) is 0 Å². The van der Waals surface area contributed by atoms with Gasteiger partial charge in [-0.1, -0.05) is 35.7 Å². The van der Waals surface area contributed by atoms with Crippen molar-refractivity contribution in [3.8, 4) is 0 Å². The molecule has 0 aliphatic heterocycles. The maximum Gasteiger partial charge on any atom is 0.126 e. The van der Waals surface area contributed by atoms with E-state index in [1.54, 1.807) is 6.07 Å². The molecule has 1 aromatic carbocycles. The number of rotatable bonds is 3. The van der Waals surface area contributed by atoms with Crippen LogP contribution in [0.3, 0.4) is 0 Å². The minimum atomic E-state index is -0.107. The lowest BCUT2D eigenvalue weighted by Gasteiger charge is -2.39. The lowest BCUT2D eigenvalue weighted by atomic mass is 9.67. The molecule has 18 heavy (non-hydrogen) atoms. The largest absolute Gasteiger partial charge is 0.330 e. The first-order valence-electron chi connectivity index (χ1n) is 6.69. The van der Waals surface area contributed by atoms with Crippen LogP contribution in [0.4, 0.5) is 4.39 Å². The van der Waals surface area contributed by atoms with Crippen molar-refractivity contribution in [3.05, 3.63) is 34.1 Å². The fourth-order valence-corrected chi connectivity index (χ4v) is 3.68. The molecular weight excluding hydrogens is 293 g/mol. The van der Waals surface area contributed by atoms with Gasteiger partial charge < -0.3 is 5.73 Å². The summed E-state index contributed by atoms with van der Waals surface area (Å²) < 4.78 is 14.8. The van der Waals surface area contributed by atoms with Crippen molar-refractivity contribution in [2.75, 3.05) is 6.54 Å². The molecule has 0 saturated heterocycles. The van der Waals surface area contributed by atoms with Crippen LogP contribution in [0, 0.1) is 17.2 Å². The lowest BCUT2D eigenvalue weighted by Crippen LogP contribution is -2.37. The van der Waals surface area contributed by atoms with E-state index in [2.05, 4.69) is 22.9 Å². The van der Waals surface area contributed by atoms with Gasteiger partial charge in [-0.2, -0.15) is 0 Å². The van der Waals surface area contributed by atoms with Crippen LogP contribution in [-0.4, -0.2) is 6.54 Å². The van der Waals surface area contributed by atoms with Crippen molar-refractivity contribution in [1.82, 2.24) is 0 Å². The lowest BCUT2D eigenvalue weighted by molar-refractivity contribution is 0.152. The Labute approximate surface area is 117 Å². The molecule has 1 fully saturated rings. The molecule has 2 unspecified atom stereocenters. The molecule has 1 aliphatic rings. The number of hydrogen-bond acceptors (Lipinski definition) is 1. The molecule has 1 aromatic rings. The van der Waals surface area contributed by atoms with E-state index < -0.39 is 0 Å². The Morgan fingerprint density at radius 2 is 2.28 bits per heavy atom. The molecule has 1 saturated carbocycles. The van der Waals surface area contributed by atoms with Crippen LogP contribution in [-0.2, 0) is 6.42 Å². The number of halogens is 2. The molecule has 100 valence electrons. The van der Waals surface area contributed by atoms with E-state index in [0.29, 0.717) is 12.5 Å². The smallest absolute Gasteiger partial charge is 0.126 e. The maximum atomic E-state index is 13.9. The summed E-state index contributed by atoms with van der Waals surface area (Å²) in [5.74, 6) is 0.599. The van der Waals surface area contributed by atoms with E-state index in [4.69, 9.17) is 5.73 Å². The second-order valence-corrected chi connectivity index (χ2v) is 6.73. The third-order valence-electron chi connectivity index (χ3n) is 4.19. The van der Waals surface area contributed by atoms with E-state index >= 15 is 0 Å². The first kappa shape index (κ1) is 14.0. The van der Waals surface area contributed by atoms with Crippen LogP contribution in [0.2, 0.25) is 0 Å². The maximum absolute atomic E-state index is 13.9. The Bertz CT molecular complexity index is 421. The van der Waals surface area contributed by atoms with Crippen molar-refractivity contribution >= 4 is 15.9 Å². The van der Waals surface area contributed by atoms with Gasteiger partial charge in [0.2, 0.25) is 0 Å². The molecule has 2 N–H and O–H groups in total. The minimum absolute atomic E-state index is 0.0965. The zero-order chi connectivity index (χ0) is 13.2. The summed E-state index contributed by atoms with van der Waals surface area (Å²) in [5, 5.41) is 0. The van der Waals surface area contributed by atoms with Crippen LogP contribution in [0.15, 0.2) is 22.7 Å². The van der Waals surface area contributed by atoms with Crippen molar-refractivity contribution in [3.63, 3.8) is 0 Å². The van der Waals surface area contributed by atoms with Crippen molar-refractivity contribution in [2.45, 2.75) is 39.0 Å². The Kier molecular flexibility index (Phi) is 4.44. The molecular formula is C15H21BrFN. The third kappa shape index (κ3) is 3.12. The first-order chi connectivity index (χ1) is 8.54. The summed E-state index contributed by atoms with van der Waals surface area (Å²) in [6, 6.07) is 5.18. The van der Waals surface area contributed by atoms with Gasteiger partial charge in [0.15, 0.2) is 0 Å². The minimum Gasteiger partial charge on any atom is -0.330 e. The Morgan fingerprint density at radius 1 is 1.50 bits per heavy atom. The van der Waals surface area contributed by atoms with Gasteiger partial charge in [-0.15, -0.1) is 0 Å². The van der Waals surface area contributed by atoms with E-state index in [1.165, 1.54) is 18.9 Å². The van der Waals surface area contributed by atoms with E-state index in [-0.39, 0.29) is 11.2 Å². The normalized spacial score (nSPS) is 28.3. The number of nitrogens with two attached hydrogens (primary N) is 1. The number of hydrogen-bond donors (Lipinski definition) is 1. The summed E-state index contributed by atoms with van der Waals surface area (Å²) in [6.07, 6.45) is 5.51. The highest BCUT2D eigenvalue weighted by molar-refractivity contribution is 9.10. The second-order valence-electron chi connectivity index (χ2n) is 5.82. The third-order valence-corrected chi connectivity index (χ3v) is 4.68. The van der Waals surface area contributed by atoms with Crippen LogP contribution in [0.1, 0.15) is 38.2 Å². The van der Waals surface area contributed by atoms with E-state index in [1.807, 2.05) is 6.07 Å². The summed E-state index contributed by atoms with van der Waals surface area (Å²) in [4.78, 5) is 0. The molecule has 3 heteroatoms. The van der Waals surface area contributed by atoms with Crippen LogP contribution < -0.4 is 5.73 Å². The van der Waals surface area contributed by atoms with Gasteiger partial charge in [-0.3, -0.25) is 0 Å². The van der Waals surface area contributed by atoms with Gasteiger partial charge in [-0.25, -0.2) is 4.39 Å². The summed E-state index contributed by atoms with van der Waals surface area (Å²) >= 11 is 3.41. The fourth-order valence-electron chi connectivity index (χ4n) is 3.27. The monoisotopic (exact) mass is 313 g/mol. The van der Waals surface area contributed by atoms with Crippen molar-refractivity contribution in [1.29, 1.82) is 0 Å². The van der Waals surface area contributed by atoms with Gasteiger partial charge in [0, 0.05) is 4.47 Å². The predicted octanol–water partition coefficient (Wildman–Crippen LogP) is 4.29. The zero-order valence-electron chi connectivity index (χ0n) is 10.9. The first-order valence-corrected chi connectivity index (χ1v) is 7.48. The molecule has 0 bridgehead atoms. The highest BCUT2D eigenvalue weighted by atomic mass is 79.9. The average Bonchev–Trinajstić information content (AvgIpc) is 2.34. The van der Waals surface area contributed by atoms with Gasteiger partial charge >= 0.3 is 0 Å². The van der Waals surface area contributed by atoms with Crippen molar-refractivity contribution in [2.24, 2.45) is 17.1 Å². The summed E-state index contributed by atoms with van der Waals surface area (Å²) in [7, 11) is 0. The van der Waals surface area contributed by atoms with Crippen LogP contribution >= 0.6 is 15.9 Å². The molecule has 0 heterocycles. The van der Waals surface area contributed by atoms with E-state index in [0.717, 1.165) is 29.3 Å². The topological polar surface area (TPSA) is 26.0 Å². The molecule has 1 nitrogen and oxygen atoms in total. The van der Waals surface area contributed by atoms with Gasteiger partial charge in [0.1, 0.15) is 5.82 Å². The van der Waals surface area contributed by atoms with Gasteiger partial charge in [-0.05, 0) is 60.9 Å². The highest BCUT2D eigenvalue weighted by Crippen LogP contribution is 2.41. The zero-order valence-corrected chi connectivity index (χ0v) is 12.5. The predicted molar refractivity (Wildman–Crippen MR) is 76.9 cm³/mol. The molecule has 2 rings (SSSR count). The Balaban J connectivity index is 2.21. The SMILES string of the molecule is CC1CCCC(CN)(Cc2cc(Br)ccc2F)C1. The van der Waals surface area contributed by atoms with Crippen LogP contribution in [0.25, 0.3) is 0 Å². The van der Waals surface area contributed by atoms with Crippen LogP contribution in [0.5, 0.6) is 0 Å². The standard InChI is InChI=1S/C15H21BrFN/c1-11-3-2-6-15(8-11,10-18)9-12-7-13(16)4-5-14(12)17/h4-5,7,11H,2-3,6,8-10,18H2,1H3. The molecule has 0 radical (unpaired) electrons. The fraction of sp³-hybridized carbons (Fsp3) is 0.600. The van der Waals surface area contributed by atoms with Gasteiger partial charge in [0.05, 0.1) is 0 Å².